The van der Waals surface area contributed by atoms with Gasteiger partial charge in [-0.05, 0) is 206 Å². The molecule has 8 atom stereocenters. The van der Waals surface area contributed by atoms with Crippen LogP contribution < -0.4 is 24.4 Å². The summed E-state index contributed by atoms with van der Waals surface area (Å²) in [5, 5.41) is 36.8. The number of aliphatic hydroxyl groups is 4. The Morgan fingerprint density at radius 1 is 0.628 bits per heavy atom. The van der Waals surface area contributed by atoms with Crippen molar-refractivity contribution in [3.8, 4) is 34.4 Å². The van der Waals surface area contributed by atoms with E-state index in [2.05, 4.69) is 25.9 Å². The van der Waals surface area contributed by atoms with Gasteiger partial charge in [0, 0.05) is 64.8 Å². The molecule has 2 unspecified atom stereocenters. The quantitative estimate of drug-likeness (QED) is 0.0416. The molecule has 14 nitrogen and oxygen atoms in total. The largest absolute Gasteiger partial charge is 0.493 e. The number of carbonyl (C=O) groups excluding carboxylic acids is 2. The second kappa shape index (κ2) is 29.0. The van der Waals surface area contributed by atoms with E-state index in [0.29, 0.717) is 73.5 Å². The van der Waals surface area contributed by atoms with E-state index in [-0.39, 0.29) is 72.5 Å². The second-order valence-electron chi connectivity index (χ2n) is 23.9. The number of nitrogens with zero attached hydrogens (tertiary/aromatic N) is 2. The number of halogens is 3. The van der Waals surface area contributed by atoms with Gasteiger partial charge in [0.15, 0.2) is 0 Å². The maximum Gasteiger partial charge on any atom is 0.309 e. The molecule has 460 valence electrons. The zero-order valence-electron chi connectivity index (χ0n) is 51.4. The summed E-state index contributed by atoms with van der Waals surface area (Å²) < 4.78 is 62.8. The number of rotatable bonds is 20. The van der Waals surface area contributed by atoms with Gasteiger partial charge in [-0.1, -0.05) is 39.6 Å². The molecule has 2 aromatic heterocycles. The standard InChI is InChI=1S/C31H34FNO5.C19H17BFNO3.C12H17BrO2.C6H14O2/c1-5-36-31(35)30-24-13-21-14-27(33-15-25(21)29(24)30)38-16-22-12-20(6-7-26(22)32)28-17(2)10-23(11-18(28)3)37-9-8-19(4)34;1-2-24-19(23)18-13-6-10-7-16(22-8-14(10)17(13)18)25-9-11-5-12(20)3-4-15(11)21;1-8-6-11(7-9(2)12(8)13)15-5-4-10(3)14;1-5(2,7)6(3,4)8/h6-7,10-12,14-15,19,24,29-30,34H,5,8-9,13,16H2,1-4H3;3-5,7-8,13,17-18H,2,6,9H2,1H3;6-7,10,14H,4-5H2,1-3H3;7-8H,1-4H3/t19?,24-,29-,30+;13-,17-,18+;;/m11../s1. The van der Waals surface area contributed by atoms with Gasteiger partial charge in [-0.25, -0.2) is 18.7 Å². The van der Waals surface area contributed by atoms with Crippen LogP contribution in [0.4, 0.5) is 8.78 Å². The maximum atomic E-state index is 14.7. The first kappa shape index (κ1) is 67.1. The van der Waals surface area contributed by atoms with Gasteiger partial charge in [-0.2, -0.15) is 0 Å². The summed E-state index contributed by atoms with van der Waals surface area (Å²) in [6.45, 7) is 23.5. The Hall–Kier alpha value is -6.44. The number of benzene rings is 4. The van der Waals surface area contributed by atoms with Crippen molar-refractivity contribution in [1.82, 2.24) is 9.97 Å². The average molecular weight is 1250 g/mol. The lowest BCUT2D eigenvalue weighted by Gasteiger charge is -2.31. The van der Waals surface area contributed by atoms with Crippen molar-refractivity contribution in [1.29, 1.82) is 0 Å². The summed E-state index contributed by atoms with van der Waals surface area (Å²) in [7, 11) is 5.67. The Bertz CT molecular complexity index is 3290. The Balaban J connectivity index is 0.000000188. The first-order valence-corrected chi connectivity index (χ1v) is 30.2. The van der Waals surface area contributed by atoms with Gasteiger partial charge < -0.3 is 48.8 Å². The first-order chi connectivity index (χ1) is 40.6. The van der Waals surface area contributed by atoms with Crippen LogP contribution in [-0.4, -0.2) is 100 Å². The SMILES string of the molecule is CC(C)(O)C(C)(C)O.CCOC(=O)[C@H]1[C@@H]2Cc3cc(OCc4cc(-c5c(C)cc(OCCC(C)O)cc5C)ccc4F)ncc3[C@@H]21.Cc1cc(OCCC(C)O)cc(C)c1Br.[B]c1ccc(F)c(COc2cc3c(cn2)[C@H]2[C@@H](C3)[C@@H]2C(=O)OCC)c1. The molecule has 86 heavy (non-hydrogen) atoms. The summed E-state index contributed by atoms with van der Waals surface area (Å²) in [6.07, 6.45) is 5.71. The third-order valence-electron chi connectivity index (χ3n) is 16.3. The zero-order valence-corrected chi connectivity index (χ0v) is 53.0. The average Bonchev–Trinajstić information content (AvgIpc) is 1.57. The Kier molecular flexibility index (Phi) is 22.7. The van der Waals surface area contributed by atoms with Crippen LogP contribution in [0.15, 0.2) is 89.7 Å². The third kappa shape index (κ3) is 17.2. The van der Waals surface area contributed by atoms with Gasteiger partial charge in [-0.3, -0.25) is 9.59 Å². The number of pyridine rings is 2. The van der Waals surface area contributed by atoms with Crippen LogP contribution in [0.25, 0.3) is 11.1 Å². The zero-order chi connectivity index (χ0) is 62.9. The number of aryl methyl sites for hydroxylation is 4. The van der Waals surface area contributed by atoms with Crippen molar-refractivity contribution in [3.05, 3.63) is 157 Å². The molecule has 10 rings (SSSR count). The molecule has 2 radical (unpaired) electrons. The van der Waals surface area contributed by atoms with E-state index in [1.54, 1.807) is 66.1 Å². The summed E-state index contributed by atoms with van der Waals surface area (Å²) >= 11 is 3.51. The summed E-state index contributed by atoms with van der Waals surface area (Å²) in [4.78, 5) is 32.8. The molecule has 4 aromatic carbocycles. The van der Waals surface area contributed by atoms with E-state index in [0.717, 1.165) is 73.3 Å². The molecule has 4 N–H and O–H groups in total. The minimum absolute atomic E-state index is 0.0255. The number of aromatic nitrogens is 2. The van der Waals surface area contributed by atoms with E-state index in [9.17, 15) is 23.5 Å². The van der Waals surface area contributed by atoms with Gasteiger partial charge in [0.1, 0.15) is 44.2 Å². The molecule has 0 amide bonds. The molecule has 2 fully saturated rings. The lowest BCUT2D eigenvalue weighted by molar-refractivity contribution is -0.146. The van der Waals surface area contributed by atoms with Crippen molar-refractivity contribution in [2.75, 3.05) is 26.4 Å². The van der Waals surface area contributed by atoms with Gasteiger partial charge >= 0.3 is 11.9 Å². The fourth-order valence-corrected chi connectivity index (χ4v) is 11.0. The second-order valence-corrected chi connectivity index (χ2v) is 24.7. The van der Waals surface area contributed by atoms with Crippen molar-refractivity contribution in [3.63, 3.8) is 0 Å². The Labute approximate surface area is 514 Å². The highest BCUT2D eigenvalue weighted by Gasteiger charge is 2.61. The molecule has 18 heteroatoms. The van der Waals surface area contributed by atoms with Crippen LogP contribution in [0.5, 0.6) is 23.3 Å². The highest BCUT2D eigenvalue weighted by molar-refractivity contribution is 9.10. The summed E-state index contributed by atoms with van der Waals surface area (Å²) in [5.74, 6) is 2.56. The maximum absolute atomic E-state index is 14.7. The van der Waals surface area contributed by atoms with Crippen molar-refractivity contribution < 1.29 is 67.2 Å². The van der Waals surface area contributed by atoms with E-state index in [1.807, 2.05) is 84.0 Å². The number of aliphatic hydroxyl groups excluding tert-OH is 2. The molecule has 0 bridgehead atoms. The van der Waals surface area contributed by atoms with Crippen molar-refractivity contribution >= 4 is 41.2 Å². The molecule has 2 saturated carbocycles. The monoisotopic (exact) mass is 1250 g/mol. The Morgan fingerprint density at radius 3 is 1.44 bits per heavy atom. The number of carbonyl (C=O) groups is 2. The molecule has 0 spiro atoms. The molecule has 0 aliphatic heterocycles. The lowest BCUT2D eigenvalue weighted by Crippen LogP contribution is -2.44. The number of hydrogen-bond acceptors (Lipinski definition) is 14. The van der Waals surface area contributed by atoms with E-state index in [1.165, 1.54) is 29.3 Å². The third-order valence-corrected chi connectivity index (χ3v) is 17.5. The number of hydrogen-bond donors (Lipinski definition) is 4. The highest BCUT2D eigenvalue weighted by Crippen LogP contribution is 2.63. The fraction of sp³-hybridized carbons (Fsp3) is 0.471. The Morgan fingerprint density at radius 2 is 1.03 bits per heavy atom. The summed E-state index contributed by atoms with van der Waals surface area (Å²) in [6, 6.07) is 21.2. The smallest absolute Gasteiger partial charge is 0.309 e. The molecular weight excluding hydrogens is 1170 g/mol. The molecule has 2 heterocycles. The van der Waals surface area contributed by atoms with Gasteiger partial charge in [-0.15, -0.1) is 0 Å². The van der Waals surface area contributed by atoms with Gasteiger partial charge in [0.05, 0.1) is 61.7 Å². The van der Waals surface area contributed by atoms with Crippen molar-refractivity contribution in [2.45, 2.75) is 157 Å². The van der Waals surface area contributed by atoms with E-state index >= 15 is 0 Å². The molecular formula is C68H82BBrF2N2O12. The van der Waals surface area contributed by atoms with Crippen LogP contribution in [0, 0.1) is 63.0 Å². The topological polar surface area (TPSA) is 196 Å². The molecule has 4 aliphatic carbocycles. The van der Waals surface area contributed by atoms with E-state index in [4.69, 9.17) is 51.6 Å². The van der Waals surface area contributed by atoms with Crippen molar-refractivity contribution in [2.24, 2.45) is 23.7 Å². The normalized spacial score (nSPS) is 19.0. The highest BCUT2D eigenvalue weighted by atomic mass is 79.9. The lowest BCUT2D eigenvalue weighted by atomic mass is 9.90. The van der Waals surface area contributed by atoms with Crippen LogP contribution in [0.3, 0.4) is 0 Å². The molecule has 4 aliphatic rings. The fourth-order valence-electron chi connectivity index (χ4n) is 10.8. The van der Waals surface area contributed by atoms with Crippen LogP contribution in [0.1, 0.15) is 136 Å². The number of ether oxygens (including phenoxy) is 6. The predicted molar refractivity (Wildman–Crippen MR) is 330 cm³/mol. The van der Waals surface area contributed by atoms with E-state index < -0.39 is 17.3 Å². The minimum atomic E-state index is -1.01. The molecule has 0 saturated heterocycles. The van der Waals surface area contributed by atoms with Crippen LogP contribution in [0.2, 0.25) is 0 Å². The number of esters is 2. The predicted octanol–water partition coefficient (Wildman–Crippen LogP) is 11.5. The van der Waals surface area contributed by atoms with Crippen LogP contribution in [-0.2, 0) is 45.1 Å². The molecule has 6 aromatic rings. The van der Waals surface area contributed by atoms with Gasteiger partial charge in [0.2, 0.25) is 11.8 Å². The number of fused-ring (bicyclic) bond motifs is 6. The van der Waals surface area contributed by atoms with Crippen LogP contribution >= 0.6 is 15.9 Å². The van der Waals surface area contributed by atoms with Gasteiger partial charge in [0.25, 0.3) is 0 Å². The minimum Gasteiger partial charge on any atom is -0.493 e. The summed E-state index contributed by atoms with van der Waals surface area (Å²) in [5.41, 5.74) is 10.1. The first-order valence-electron chi connectivity index (χ1n) is 29.4.